The van der Waals surface area contributed by atoms with E-state index in [1.54, 1.807) is 43.5 Å². The molecule has 4 nitrogen and oxygen atoms in total. The lowest BCUT2D eigenvalue weighted by Gasteiger charge is -2.09. The summed E-state index contributed by atoms with van der Waals surface area (Å²) in [5.74, 6) is 1.06. The van der Waals surface area contributed by atoms with Crippen LogP contribution < -0.4 is 15.2 Å². The summed E-state index contributed by atoms with van der Waals surface area (Å²) in [4.78, 5) is 12.5. The number of anilines is 1. The van der Waals surface area contributed by atoms with Gasteiger partial charge < -0.3 is 15.2 Å². The van der Waals surface area contributed by atoms with Gasteiger partial charge in [0.1, 0.15) is 11.5 Å². The van der Waals surface area contributed by atoms with E-state index >= 15 is 0 Å². The van der Waals surface area contributed by atoms with E-state index in [-0.39, 0.29) is 5.78 Å². The number of hydrogen-bond acceptors (Lipinski definition) is 4. The van der Waals surface area contributed by atoms with Crippen LogP contribution in [0.3, 0.4) is 0 Å². The van der Waals surface area contributed by atoms with Crippen molar-refractivity contribution in [3.63, 3.8) is 0 Å². The van der Waals surface area contributed by atoms with Crippen LogP contribution in [0.25, 0.3) is 0 Å². The van der Waals surface area contributed by atoms with E-state index in [4.69, 9.17) is 15.2 Å². The predicted molar refractivity (Wildman–Crippen MR) is 81.5 cm³/mol. The molecule has 0 aliphatic rings. The summed E-state index contributed by atoms with van der Waals surface area (Å²) >= 11 is 3.38. The Morgan fingerprint density at radius 3 is 2.45 bits per heavy atom. The number of rotatable bonds is 4. The minimum atomic E-state index is -0.113. The van der Waals surface area contributed by atoms with Crippen molar-refractivity contribution in [2.24, 2.45) is 0 Å². The van der Waals surface area contributed by atoms with Crippen molar-refractivity contribution in [1.29, 1.82) is 0 Å². The quantitative estimate of drug-likeness (QED) is 0.688. The predicted octanol–water partition coefficient (Wildman–Crippen LogP) is 3.28. The summed E-state index contributed by atoms with van der Waals surface area (Å²) < 4.78 is 10.9. The van der Waals surface area contributed by atoms with Crippen LogP contribution in [0.15, 0.2) is 40.9 Å². The Bertz CT molecular complexity index is 656. The Labute approximate surface area is 125 Å². The number of halogens is 1. The van der Waals surface area contributed by atoms with Gasteiger partial charge in [-0.3, -0.25) is 4.79 Å². The fraction of sp³-hybridized carbons (Fsp3) is 0.133. The topological polar surface area (TPSA) is 61.5 Å². The van der Waals surface area contributed by atoms with Gasteiger partial charge in [0, 0.05) is 15.6 Å². The smallest absolute Gasteiger partial charge is 0.194 e. The fourth-order valence-electron chi connectivity index (χ4n) is 1.81. The standard InChI is InChI=1S/C15H14BrNO3/c1-19-10-4-5-11(12(16)8-10)15(18)9-3-6-13(17)14(7-9)20-2/h3-8H,17H2,1-2H3. The maximum absolute atomic E-state index is 12.5. The molecular formula is C15H14BrNO3. The number of nitrogens with two attached hydrogens (primary N) is 1. The van der Waals surface area contributed by atoms with Crippen molar-refractivity contribution in [2.45, 2.75) is 0 Å². The monoisotopic (exact) mass is 335 g/mol. The van der Waals surface area contributed by atoms with Gasteiger partial charge in [0.05, 0.1) is 19.9 Å². The van der Waals surface area contributed by atoms with E-state index < -0.39 is 0 Å². The largest absolute Gasteiger partial charge is 0.497 e. The van der Waals surface area contributed by atoms with Gasteiger partial charge in [-0.2, -0.15) is 0 Å². The molecule has 0 atom stereocenters. The van der Waals surface area contributed by atoms with E-state index in [0.717, 1.165) is 0 Å². The van der Waals surface area contributed by atoms with Gasteiger partial charge in [0.15, 0.2) is 5.78 Å². The van der Waals surface area contributed by atoms with Crippen LogP contribution in [0.4, 0.5) is 5.69 Å². The van der Waals surface area contributed by atoms with Crippen LogP contribution in [-0.4, -0.2) is 20.0 Å². The molecular weight excluding hydrogens is 322 g/mol. The molecule has 0 fully saturated rings. The molecule has 0 unspecified atom stereocenters. The third kappa shape index (κ3) is 2.77. The first-order valence-corrected chi connectivity index (χ1v) is 6.68. The van der Waals surface area contributed by atoms with Crippen molar-refractivity contribution in [1.82, 2.24) is 0 Å². The number of carbonyl (C=O) groups is 1. The molecule has 0 amide bonds. The third-order valence-corrected chi connectivity index (χ3v) is 3.57. The number of methoxy groups -OCH3 is 2. The average molecular weight is 336 g/mol. The number of carbonyl (C=O) groups excluding carboxylic acids is 1. The molecule has 0 saturated heterocycles. The molecule has 0 aliphatic carbocycles. The second-order valence-corrected chi connectivity index (χ2v) is 4.99. The second kappa shape index (κ2) is 5.96. The van der Waals surface area contributed by atoms with Crippen molar-refractivity contribution >= 4 is 27.4 Å². The van der Waals surface area contributed by atoms with E-state index in [0.29, 0.717) is 32.8 Å². The van der Waals surface area contributed by atoms with E-state index in [9.17, 15) is 4.79 Å². The van der Waals surface area contributed by atoms with Gasteiger partial charge in [-0.15, -0.1) is 0 Å². The highest BCUT2D eigenvalue weighted by atomic mass is 79.9. The molecule has 104 valence electrons. The first-order chi connectivity index (χ1) is 9.56. The van der Waals surface area contributed by atoms with Gasteiger partial charge >= 0.3 is 0 Å². The number of hydrogen-bond donors (Lipinski definition) is 1. The molecule has 2 rings (SSSR count). The zero-order chi connectivity index (χ0) is 14.7. The minimum Gasteiger partial charge on any atom is -0.497 e. The van der Waals surface area contributed by atoms with Gasteiger partial charge in [-0.25, -0.2) is 0 Å². The first kappa shape index (κ1) is 14.4. The van der Waals surface area contributed by atoms with Crippen LogP contribution in [0.2, 0.25) is 0 Å². The Morgan fingerprint density at radius 2 is 1.85 bits per heavy atom. The normalized spacial score (nSPS) is 10.2. The lowest BCUT2D eigenvalue weighted by molar-refractivity contribution is 0.103. The summed E-state index contributed by atoms with van der Waals surface area (Å²) in [5, 5.41) is 0. The molecule has 0 bridgehead atoms. The number of nitrogen functional groups attached to an aromatic ring is 1. The highest BCUT2D eigenvalue weighted by Crippen LogP contribution is 2.28. The number of benzene rings is 2. The van der Waals surface area contributed by atoms with Crippen LogP contribution in [-0.2, 0) is 0 Å². The Kier molecular flexibility index (Phi) is 4.29. The van der Waals surface area contributed by atoms with E-state index in [1.807, 2.05) is 0 Å². The molecule has 20 heavy (non-hydrogen) atoms. The molecule has 5 heteroatoms. The molecule has 0 saturated carbocycles. The lowest BCUT2D eigenvalue weighted by atomic mass is 10.0. The first-order valence-electron chi connectivity index (χ1n) is 5.88. The van der Waals surface area contributed by atoms with Gasteiger partial charge in [0.25, 0.3) is 0 Å². The van der Waals surface area contributed by atoms with Crippen LogP contribution >= 0.6 is 15.9 Å². The number of ether oxygens (including phenoxy) is 2. The highest BCUT2D eigenvalue weighted by Gasteiger charge is 2.15. The third-order valence-electron chi connectivity index (χ3n) is 2.92. The summed E-state index contributed by atoms with van der Waals surface area (Å²) in [5.41, 5.74) is 7.31. The Balaban J connectivity index is 2.41. The SMILES string of the molecule is COc1ccc(C(=O)c2ccc(N)c(OC)c2)c(Br)c1. The summed E-state index contributed by atoms with van der Waals surface area (Å²) in [7, 11) is 3.09. The fourth-order valence-corrected chi connectivity index (χ4v) is 2.35. The van der Waals surface area contributed by atoms with Gasteiger partial charge in [-0.05, 0) is 52.3 Å². The van der Waals surface area contributed by atoms with Crippen molar-refractivity contribution < 1.29 is 14.3 Å². The highest BCUT2D eigenvalue weighted by molar-refractivity contribution is 9.10. The van der Waals surface area contributed by atoms with Crippen LogP contribution in [0.1, 0.15) is 15.9 Å². The summed E-state index contributed by atoms with van der Waals surface area (Å²) in [6, 6.07) is 10.2. The molecule has 2 aromatic rings. The maximum atomic E-state index is 12.5. The summed E-state index contributed by atoms with van der Waals surface area (Å²) in [6.07, 6.45) is 0. The van der Waals surface area contributed by atoms with Crippen molar-refractivity contribution in [3.05, 3.63) is 52.0 Å². The maximum Gasteiger partial charge on any atom is 0.194 e. The van der Waals surface area contributed by atoms with E-state index in [2.05, 4.69) is 15.9 Å². The van der Waals surface area contributed by atoms with Crippen LogP contribution in [0, 0.1) is 0 Å². The summed E-state index contributed by atoms with van der Waals surface area (Å²) in [6.45, 7) is 0. The zero-order valence-corrected chi connectivity index (χ0v) is 12.7. The number of ketones is 1. The minimum absolute atomic E-state index is 0.113. The molecule has 2 N–H and O–H groups in total. The average Bonchev–Trinajstić information content (AvgIpc) is 2.47. The van der Waals surface area contributed by atoms with Gasteiger partial charge in [0.2, 0.25) is 0 Å². The second-order valence-electron chi connectivity index (χ2n) is 4.13. The molecule has 2 aromatic carbocycles. The van der Waals surface area contributed by atoms with Gasteiger partial charge in [-0.1, -0.05) is 0 Å². The molecule has 0 spiro atoms. The van der Waals surface area contributed by atoms with Crippen molar-refractivity contribution in [3.8, 4) is 11.5 Å². The Morgan fingerprint density at radius 1 is 1.10 bits per heavy atom. The van der Waals surface area contributed by atoms with E-state index in [1.165, 1.54) is 7.11 Å². The molecule has 0 aliphatic heterocycles. The van der Waals surface area contributed by atoms with Crippen molar-refractivity contribution in [2.75, 3.05) is 20.0 Å². The zero-order valence-electron chi connectivity index (χ0n) is 11.1. The molecule has 0 radical (unpaired) electrons. The molecule has 0 aromatic heterocycles. The lowest BCUT2D eigenvalue weighted by Crippen LogP contribution is -2.04. The van der Waals surface area contributed by atoms with Crippen LogP contribution in [0.5, 0.6) is 11.5 Å². The Hall–Kier alpha value is -2.01. The molecule has 0 heterocycles.